The fraction of sp³-hybridized carbons (Fsp3) is 0.235. The van der Waals surface area contributed by atoms with Crippen molar-refractivity contribution in [3.63, 3.8) is 0 Å². The van der Waals surface area contributed by atoms with Crippen molar-refractivity contribution in [2.45, 2.75) is 27.7 Å². The van der Waals surface area contributed by atoms with Gasteiger partial charge in [0, 0.05) is 16.2 Å². The molecule has 0 amide bonds. The number of aromatic nitrogens is 2. The number of anilines is 1. The van der Waals surface area contributed by atoms with E-state index in [2.05, 4.69) is 55.8 Å². The fourth-order valence-electron chi connectivity index (χ4n) is 2.59. The Kier molecular flexibility index (Phi) is 3.29. The third kappa shape index (κ3) is 2.23. The average molecular weight is 344 g/mol. The summed E-state index contributed by atoms with van der Waals surface area (Å²) in [6.45, 7) is 8.40. The van der Waals surface area contributed by atoms with Gasteiger partial charge in [0.1, 0.15) is 17.2 Å². The predicted octanol–water partition coefficient (Wildman–Crippen LogP) is 4.58. The highest BCUT2D eigenvalue weighted by Gasteiger charge is 2.15. The predicted molar refractivity (Wildman–Crippen MR) is 91.7 cm³/mol. The van der Waals surface area contributed by atoms with E-state index in [1.807, 2.05) is 16.7 Å². The summed E-state index contributed by atoms with van der Waals surface area (Å²) < 4.78 is 2.96. The highest BCUT2D eigenvalue weighted by atomic mass is 79.9. The Hall–Kier alpha value is -1.81. The Morgan fingerprint density at radius 1 is 0.952 bits per heavy atom. The van der Waals surface area contributed by atoms with Crippen molar-refractivity contribution < 1.29 is 0 Å². The second-order valence-electron chi connectivity index (χ2n) is 5.63. The molecule has 2 heterocycles. The van der Waals surface area contributed by atoms with Crippen LogP contribution in [0.4, 0.5) is 5.82 Å². The van der Waals surface area contributed by atoms with Crippen LogP contribution in [-0.2, 0) is 0 Å². The third-order valence-corrected chi connectivity index (χ3v) is 4.87. The van der Waals surface area contributed by atoms with Crippen molar-refractivity contribution in [2.75, 3.05) is 5.73 Å². The molecule has 0 radical (unpaired) electrons. The van der Waals surface area contributed by atoms with E-state index in [9.17, 15) is 0 Å². The first kappa shape index (κ1) is 14.1. The molecule has 0 fully saturated rings. The lowest BCUT2D eigenvalue weighted by Gasteiger charge is -2.08. The van der Waals surface area contributed by atoms with E-state index in [1.54, 1.807) is 0 Å². The van der Waals surface area contributed by atoms with Gasteiger partial charge in [-0.15, -0.1) is 0 Å². The molecule has 0 unspecified atom stereocenters. The number of nitrogens with zero attached hydrogens (tertiary/aromatic N) is 2. The number of benzene rings is 1. The Morgan fingerprint density at radius 2 is 1.62 bits per heavy atom. The second kappa shape index (κ2) is 4.88. The first-order chi connectivity index (χ1) is 9.88. The van der Waals surface area contributed by atoms with Crippen molar-refractivity contribution in [2.24, 2.45) is 0 Å². The zero-order valence-corrected chi connectivity index (χ0v) is 14.2. The molecule has 3 aromatic rings. The maximum absolute atomic E-state index is 6.33. The Labute approximate surface area is 132 Å². The molecule has 0 saturated heterocycles. The Morgan fingerprint density at radius 3 is 2.33 bits per heavy atom. The summed E-state index contributed by atoms with van der Waals surface area (Å²) in [7, 11) is 0. The summed E-state index contributed by atoms with van der Waals surface area (Å²) in [6.07, 6.45) is 1.98. The van der Waals surface area contributed by atoms with E-state index in [0.717, 1.165) is 26.9 Å². The van der Waals surface area contributed by atoms with Crippen molar-refractivity contribution in [3.05, 3.63) is 51.1 Å². The minimum atomic E-state index is 0.678. The van der Waals surface area contributed by atoms with Crippen molar-refractivity contribution in [3.8, 4) is 11.3 Å². The van der Waals surface area contributed by atoms with Gasteiger partial charge in [0.05, 0.1) is 0 Å². The molecule has 0 aliphatic carbocycles. The van der Waals surface area contributed by atoms with Crippen LogP contribution in [0.15, 0.2) is 28.9 Å². The molecule has 0 spiro atoms. The molecule has 2 aromatic heterocycles. The van der Waals surface area contributed by atoms with E-state index in [4.69, 9.17) is 10.7 Å². The number of pyridine rings is 1. The topological polar surface area (TPSA) is 43.3 Å². The van der Waals surface area contributed by atoms with Gasteiger partial charge in [-0.05, 0) is 78.0 Å². The number of fused-ring (bicyclic) bond motifs is 1. The van der Waals surface area contributed by atoms with E-state index in [1.165, 1.54) is 16.7 Å². The fourth-order valence-corrected chi connectivity index (χ4v) is 2.91. The monoisotopic (exact) mass is 343 g/mol. The quantitative estimate of drug-likeness (QED) is 0.702. The lowest BCUT2D eigenvalue weighted by atomic mass is 9.99. The molecule has 0 aliphatic rings. The van der Waals surface area contributed by atoms with Gasteiger partial charge in [-0.2, -0.15) is 0 Å². The van der Waals surface area contributed by atoms with E-state index in [0.29, 0.717) is 5.82 Å². The normalized spacial score (nSPS) is 11.3. The molecular weight excluding hydrogens is 326 g/mol. The zero-order valence-electron chi connectivity index (χ0n) is 12.7. The molecule has 0 bridgehead atoms. The summed E-state index contributed by atoms with van der Waals surface area (Å²) in [5, 5.41) is 0. The van der Waals surface area contributed by atoms with Gasteiger partial charge in [0.25, 0.3) is 0 Å². The molecule has 4 heteroatoms. The largest absolute Gasteiger partial charge is 0.383 e. The van der Waals surface area contributed by atoms with Crippen LogP contribution < -0.4 is 5.73 Å². The molecule has 2 N–H and O–H groups in total. The lowest BCUT2D eigenvalue weighted by molar-refractivity contribution is 1.16. The zero-order chi connectivity index (χ0) is 15.3. The van der Waals surface area contributed by atoms with Crippen LogP contribution in [0, 0.1) is 27.7 Å². The number of hydrogen-bond donors (Lipinski definition) is 1. The van der Waals surface area contributed by atoms with Crippen molar-refractivity contribution >= 4 is 27.4 Å². The van der Waals surface area contributed by atoms with Crippen molar-refractivity contribution in [1.82, 2.24) is 9.38 Å². The number of hydrogen-bond acceptors (Lipinski definition) is 2. The molecule has 0 atom stereocenters. The summed E-state index contributed by atoms with van der Waals surface area (Å²) in [4.78, 5) is 4.73. The SMILES string of the molecule is Cc1cc(C)c(-c2nc3cc(C)c(Br)cn3c2N)cc1C. The van der Waals surface area contributed by atoms with Crippen LogP contribution in [0.1, 0.15) is 22.3 Å². The van der Waals surface area contributed by atoms with Crippen LogP contribution in [0.2, 0.25) is 0 Å². The number of nitrogens with two attached hydrogens (primary N) is 1. The Balaban J connectivity index is 2.31. The lowest BCUT2D eigenvalue weighted by Crippen LogP contribution is -1.96. The van der Waals surface area contributed by atoms with Gasteiger partial charge in [-0.25, -0.2) is 4.98 Å². The second-order valence-corrected chi connectivity index (χ2v) is 6.48. The van der Waals surface area contributed by atoms with Gasteiger partial charge in [-0.3, -0.25) is 4.40 Å². The molecule has 0 saturated carbocycles. The van der Waals surface area contributed by atoms with Gasteiger partial charge < -0.3 is 5.73 Å². The number of halogens is 1. The summed E-state index contributed by atoms with van der Waals surface area (Å²) in [6, 6.07) is 6.40. The van der Waals surface area contributed by atoms with Gasteiger partial charge >= 0.3 is 0 Å². The summed E-state index contributed by atoms with van der Waals surface area (Å²) in [5.74, 6) is 0.678. The highest BCUT2D eigenvalue weighted by molar-refractivity contribution is 9.10. The van der Waals surface area contributed by atoms with Crippen LogP contribution >= 0.6 is 15.9 Å². The summed E-state index contributed by atoms with van der Waals surface area (Å²) in [5.41, 5.74) is 14.1. The number of nitrogen functional groups attached to an aromatic ring is 1. The molecule has 3 rings (SSSR count). The van der Waals surface area contributed by atoms with Gasteiger partial charge in [0.2, 0.25) is 0 Å². The molecule has 108 valence electrons. The minimum absolute atomic E-state index is 0.678. The highest BCUT2D eigenvalue weighted by Crippen LogP contribution is 2.32. The number of aryl methyl sites for hydroxylation is 4. The van der Waals surface area contributed by atoms with E-state index in [-0.39, 0.29) is 0 Å². The maximum Gasteiger partial charge on any atom is 0.139 e. The first-order valence-electron chi connectivity index (χ1n) is 6.90. The van der Waals surface area contributed by atoms with Crippen LogP contribution in [0.25, 0.3) is 16.9 Å². The smallest absolute Gasteiger partial charge is 0.139 e. The van der Waals surface area contributed by atoms with Crippen molar-refractivity contribution in [1.29, 1.82) is 0 Å². The summed E-state index contributed by atoms with van der Waals surface area (Å²) >= 11 is 3.55. The molecule has 21 heavy (non-hydrogen) atoms. The average Bonchev–Trinajstić information content (AvgIpc) is 2.72. The first-order valence-corrected chi connectivity index (χ1v) is 7.69. The Bertz CT molecular complexity index is 862. The minimum Gasteiger partial charge on any atom is -0.383 e. The maximum atomic E-state index is 6.33. The van der Waals surface area contributed by atoms with E-state index >= 15 is 0 Å². The molecule has 0 aliphatic heterocycles. The molecule has 3 nitrogen and oxygen atoms in total. The van der Waals surface area contributed by atoms with Gasteiger partial charge in [-0.1, -0.05) is 6.07 Å². The number of rotatable bonds is 1. The number of imidazole rings is 1. The van der Waals surface area contributed by atoms with Crippen LogP contribution in [-0.4, -0.2) is 9.38 Å². The van der Waals surface area contributed by atoms with Crippen LogP contribution in [0.5, 0.6) is 0 Å². The third-order valence-electron chi connectivity index (χ3n) is 4.04. The van der Waals surface area contributed by atoms with E-state index < -0.39 is 0 Å². The van der Waals surface area contributed by atoms with Gasteiger partial charge in [0.15, 0.2) is 0 Å². The standard InChI is InChI=1S/C17H18BrN3/c1-9-5-11(3)13(6-10(9)2)16-17(19)21-8-14(18)12(4)7-15(21)20-16/h5-8H,19H2,1-4H3. The van der Waals surface area contributed by atoms with Crippen LogP contribution in [0.3, 0.4) is 0 Å². The molecule has 1 aromatic carbocycles. The molecular formula is C17H18BrN3.